The highest BCUT2D eigenvalue weighted by Crippen LogP contribution is 2.24. The third-order valence-corrected chi connectivity index (χ3v) is 1.71. The van der Waals surface area contributed by atoms with E-state index in [1.807, 2.05) is 0 Å². The van der Waals surface area contributed by atoms with E-state index in [2.05, 4.69) is 0 Å². The molecule has 1 aliphatic heterocycles. The van der Waals surface area contributed by atoms with Crippen molar-refractivity contribution in [2.24, 2.45) is 0 Å². The van der Waals surface area contributed by atoms with Crippen molar-refractivity contribution in [1.82, 2.24) is 4.90 Å². The molecular formula is C6H11ClF3N. The number of likely N-dealkylation sites (tertiary alicyclic amines) is 1. The van der Waals surface area contributed by atoms with Gasteiger partial charge in [0, 0.05) is 13.1 Å². The molecule has 0 N–H and O–H groups in total. The second-order valence-electron chi connectivity index (χ2n) is 2.52. The topological polar surface area (TPSA) is 3.24 Å². The van der Waals surface area contributed by atoms with E-state index in [1.54, 1.807) is 0 Å². The molecule has 11 heavy (non-hydrogen) atoms. The van der Waals surface area contributed by atoms with Crippen LogP contribution in [0.1, 0.15) is 19.3 Å². The van der Waals surface area contributed by atoms with Crippen LogP contribution in [0.2, 0.25) is 0 Å². The van der Waals surface area contributed by atoms with E-state index in [4.69, 9.17) is 0 Å². The predicted octanol–water partition coefficient (Wildman–Crippen LogP) is 2.41. The summed E-state index contributed by atoms with van der Waals surface area (Å²) in [6.45, 7) is 0.368. The maximum atomic E-state index is 11.9. The molecule has 0 aromatic carbocycles. The van der Waals surface area contributed by atoms with Gasteiger partial charge in [0.15, 0.2) is 0 Å². The van der Waals surface area contributed by atoms with Crippen LogP contribution in [0.3, 0.4) is 0 Å². The number of halogens is 4. The lowest BCUT2D eigenvalue weighted by Gasteiger charge is -2.27. The molecule has 0 atom stereocenters. The van der Waals surface area contributed by atoms with E-state index >= 15 is 0 Å². The molecule has 1 heterocycles. The monoisotopic (exact) mass is 189 g/mol. The van der Waals surface area contributed by atoms with Crippen LogP contribution in [0.15, 0.2) is 0 Å². The summed E-state index contributed by atoms with van der Waals surface area (Å²) in [6, 6.07) is 0. The average Bonchev–Trinajstić information content (AvgIpc) is 1.88. The van der Waals surface area contributed by atoms with Gasteiger partial charge in [-0.25, -0.2) is 4.90 Å². The largest absolute Gasteiger partial charge is 0.459 e. The molecule has 5 heteroatoms. The summed E-state index contributed by atoms with van der Waals surface area (Å²) in [6.07, 6.45) is -1.80. The Morgan fingerprint density at radius 2 is 1.36 bits per heavy atom. The third kappa shape index (κ3) is 3.29. The molecule has 1 fully saturated rings. The van der Waals surface area contributed by atoms with E-state index in [9.17, 15) is 13.2 Å². The number of hydrogen-bond acceptors (Lipinski definition) is 1. The van der Waals surface area contributed by atoms with E-state index < -0.39 is 6.30 Å². The quantitative estimate of drug-likeness (QED) is 0.529. The van der Waals surface area contributed by atoms with Crippen LogP contribution < -0.4 is 0 Å². The fraction of sp³-hybridized carbons (Fsp3) is 1.00. The minimum Gasteiger partial charge on any atom is -0.214 e. The first-order valence-electron chi connectivity index (χ1n) is 3.42. The molecule has 0 spiro atoms. The maximum absolute atomic E-state index is 11.9. The van der Waals surface area contributed by atoms with Gasteiger partial charge in [0.1, 0.15) is 0 Å². The molecule has 0 radical (unpaired) electrons. The summed E-state index contributed by atoms with van der Waals surface area (Å²) in [5, 5.41) is 0. The van der Waals surface area contributed by atoms with Gasteiger partial charge in [-0.05, 0) is 12.8 Å². The number of piperidine rings is 1. The lowest BCUT2D eigenvalue weighted by molar-refractivity contribution is -0.249. The Hall–Kier alpha value is 0.0400. The fourth-order valence-corrected chi connectivity index (χ4v) is 1.15. The van der Waals surface area contributed by atoms with Gasteiger partial charge in [-0.2, -0.15) is 13.2 Å². The first-order chi connectivity index (χ1) is 4.61. The van der Waals surface area contributed by atoms with Gasteiger partial charge < -0.3 is 0 Å². The summed E-state index contributed by atoms with van der Waals surface area (Å²) < 4.78 is 35.6. The molecule has 1 aliphatic rings. The van der Waals surface area contributed by atoms with Gasteiger partial charge >= 0.3 is 6.30 Å². The highest BCUT2D eigenvalue weighted by molar-refractivity contribution is 5.85. The average molecular weight is 190 g/mol. The molecule has 0 aromatic rings. The molecule has 1 rings (SSSR count). The molecular weight excluding hydrogens is 179 g/mol. The highest BCUT2D eigenvalue weighted by Gasteiger charge is 2.37. The van der Waals surface area contributed by atoms with Gasteiger partial charge in [-0.1, -0.05) is 6.42 Å². The number of nitrogens with zero attached hydrogens (tertiary/aromatic N) is 1. The minimum absolute atomic E-state index is 0. The first-order valence-corrected chi connectivity index (χ1v) is 3.42. The summed E-state index contributed by atoms with van der Waals surface area (Å²) in [5.41, 5.74) is 0. The van der Waals surface area contributed by atoms with Crippen molar-refractivity contribution in [3.05, 3.63) is 0 Å². The Labute approximate surface area is 70.0 Å². The zero-order chi connectivity index (χ0) is 7.61. The lowest BCUT2D eigenvalue weighted by Crippen LogP contribution is -2.41. The van der Waals surface area contributed by atoms with Crippen molar-refractivity contribution >= 4 is 12.4 Å². The Morgan fingerprint density at radius 3 is 1.64 bits per heavy atom. The normalized spacial score (nSPS) is 21.0. The van der Waals surface area contributed by atoms with Gasteiger partial charge in [0.2, 0.25) is 0 Å². The molecule has 0 unspecified atom stereocenters. The molecule has 1 nitrogen and oxygen atoms in total. The molecule has 0 aromatic heterocycles. The molecule has 0 amide bonds. The zero-order valence-corrected chi connectivity index (χ0v) is 6.84. The van der Waals surface area contributed by atoms with E-state index in [0.717, 1.165) is 6.42 Å². The minimum atomic E-state index is -4.10. The van der Waals surface area contributed by atoms with Crippen molar-refractivity contribution in [3.63, 3.8) is 0 Å². The maximum Gasteiger partial charge on any atom is 0.459 e. The van der Waals surface area contributed by atoms with E-state index in [1.165, 1.54) is 0 Å². The van der Waals surface area contributed by atoms with Gasteiger partial charge in [-0.3, -0.25) is 0 Å². The third-order valence-electron chi connectivity index (χ3n) is 1.71. The van der Waals surface area contributed by atoms with Crippen LogP contribution in [0.4, 0.5) is 13.2 Å². The van der Waals surface area contributed by atoms with Crippen molar-refractivity contribution < 1.29 is 13.2 Å². The number of hydrogen-bond donors (Lipinski definition) is 0. The summed E-state index contributed by atoms with van der Waals surface area (Å²) >= 11 is 0. The summed E-state index contributed by atoms with van der Waals surface area (Å²) in [4.78, 5) is 0.580. The second-order valence-corrected chi connectivity index (χ2v) is 2.52. The number of alkyl halides is 3. The predicted molar refractivity (Wildman–Crippen MR) is 38.7 cm³/mol. The highest BCUT2D eigenvalue weighted by atomic mass is 35.5. The van der Waals surface area contributed by atoms with E-state index in [0.29, 0.717) is 17.7 Å². The summed E-state index contributed by atoms with van der Waals surface area (Å²) in [7, 11) is 0. The Morgan fingerprint density at radius 1 is 0.909 bits per heavy atom. The summed E-state index contributed by atoms with van der Waals surface area (Å²) in [5.74, 6) is 0. The van der Waals surface area contributed by atoms with Crippen molar-refractivity contribution in [3.8, 4) is 0 Å². The van der Waals surface area contributed by atoms with Gasteiger partial charge in [0.05, 0.1) is 0 Å². The second kappa shape index (κ2) is 4.16. The molecule has 1 saturated heterocycles. The van der Waals surface area contributed by atoms with Crippen LogP contribution in [0.25, 0.3) is 0 Å². The molecule has 68 valence electrons. The van der Waals surface area contributed by atoms with Crippen LogP contribution in [-0.2, 0) is 0 Å². The standard InChI is InChI=1S/C6H10F3N.ClH/c7-6(8,9)10-4-2-1-3-5-10;/h1-5H2;1H. The first kappa shape index (κ1) is 11.0. The van der Waals surface area contributed by atoms with Crippen molar-refractivity contribution in [1.29, 1.82) is 0 Å². The van der Waals surface area contributed by atoms with Crippen LogP contribution in [0.5, 0.6) is 0 Å². The van der Waals surface area contributed by atoms with Gasteiger partial charge in [-0.15, -0.1) is 12.4 Å². The van der Waals surface area contributed by atoms with Crippen molar-refractivity contribution in [2.45, 2.75) is 25.6 Å². The Bertz CT molecular complexity index is 109. The molecule has 0 aliphatic carbocycles. The van der Waals surface area contributed by atoms with Crippen molar-refractivity contribution in [2.75, 3.05) is 13.1 Å². The van der Waals surface area contributed by atoms with Crippen LogP contribution in [-0.4, -0.2) is 24.3 Å². The SMILES string of the molecule is Cl.FC(F)(F)N1CCCCC1. The van der Waals surface area contributed by atoms with E-state index in [-0.39, 0.29) is 25.5 Å². The smallest absolute Gasteiger partial charge is 0.214 e. The molecule has 0 bridgehead atoms. The zero-order valence-electron chi connectivity index (χ0n) is 6.02. The Balaban J connectivity index is 0.000001000. The van der Waals surface area contributed by atoms with Crippen LogP contribution >= 0.6 is 12.4 Å². The number of rotatable bonds is 0. The molecule has 0 saturated carbocycles. The van der Waals surface area contributed by atoms with Crippen LogP contribution in [0, 0.1) is 0 Å². The lowest BCUT2D eigenvalue weighted by atomic mass is 10.1. The van der Waals surface area contributed by atoms with Gasteiger partial charge in [0.25, 0.3) is 0 Å². The fourth-order valence-electron chi connectivity index (χ4n) is 1.15. The Kier molecular flexibility index (Phi) is 4.18.